The van der Waals surface area contributed by atoms with Gasteiger partial charge in [-0.25, -0.2) is 4.68 Å². The highest BCUT2D eigenvalue weighted by Crippen LogP contribution is 2.22. The molecule has 5 rings (SSSR count). The van der Waals surface area contributed by atoms with E-state index in [0.717, 1.165) is 27.5 Å². The number of carbonyl (C=O) groups is 1. The molecule has 0 saturated carbocycles. The van der Waals surface area contributed by atoms with Crippen LogP contribution >= 0.6 is 0 Å². The van der Waals surface area contributed by atoms with Gasteiger partial charge >= 0.3 is 0 Å². The minimum absolute atomic E-state index is 0.125. The second-order valence-electron chi connectivity index (χ2n) is 8.50. The van der Waals surface area contributed by atoms with E-state index < -0.39 is 0 Å². The number of aromatic nitrogens is 2. The predicted molar refractivity (Wildman–Crippen MR) is 139 cm³/mol. The smallest absolute Gasteiger partial charge is 0.267 e. The molecule has 0 atom stereocenters. The van der Waals surface area contributed by atoms with Crippen LogP contribution in [0, 0.1) is 0 Å². The number of rotatable bonds is 7. The molecule has 0 aliphatic heterocycles. The Balaban J connectivity index is 1.42. The van der Waals surface area contributed by atoms with E-state index in [9.17, 15) is 9.59 Å². The lowest BCUT2D eigenvalue weighted by Gasteiger charge is -2.23. The van der Waals surface area contributed by atoms with Gasteiger partial charge in [0, 0.05) is 24.7 Å². The van der Waals surface area contributed by atoms with Crippen molar-refractivity contribution in [1.29, 1.82) is 0 Å². The monoisotopic (exact) mass is 459 g/mol. The summed E-state index contributed by atoms with van der Waals surface area (Å²) in [6, 6.07) is 37.1. The van der Waals surface area contributed by atoms with Crippen LogP contribution in [0.1, 0.15) is 11.1 Å². The Labute approximate surface area is 203 Å². The van der Waals surface area contributed by atoms with Gasteiger partial charge < -0.3 is 4.90 Å². The highest BCUT2D eigenvalue weighted by Gasteiger charge is 2.17. The fourth-order valence-corrected chi connectivity index (χ4v) is 4.13. The van der Waals surface area contributed by atoms with E-state index in [0.29, 0.717) is 18.8 Å². The van der Waals surface area contributed by atoms with E-state index in [4.69, 9.17) is 0 Å². The lowest BCUT2D eigenvalue weighted by molar-refractivity contribution is -0.133. The highest BCUT2D eigenvalue weighted by atomic mass is 16.2. The van der Waals surface area contributed by atoms with Gasteiger partial charge in [0.15, 0.2) is 0 Å². The summed E-state index contributed by atoms with van der Waals surface area (Å²) in [5, 5.41) is 6.77. The molecule has 0 spiro atoms. The average molecular weight is 460 g/mol. The number of hydrogen-bond acceptors (Lipinski definition) is 3. The van der Waals surface area contributed by atoms with Crippen LogP contribution in [0.5, 0.6) is 0 Å². The number of amides is 1. The van der Waals surface area contributed by atoms with Crippen molar-refractivity contribution in [2.24, 2.45) is 0 Å². The van der Waals surface area contributed by atoms with Crippen molar-refractivity contribution in [3.05, 3.63) is 137 Å². The van der Waals surface area contributed by atoms with Gasteiger partial charge in [0.05, 0.1) is 5.69 Å². The lowest BCUT2D eigenvalue weighted by atomic mass is 10.1. The maximum absolute atomic E-state index is 13.4. The molecule has 35 heavy (non-hydrogen) atoms. The first-order chi connectivity index (χ1) is 17.2. The third-order valence-corrected chi connectivity index (χ3v) is 5.98. The Bertz CT molecular complexity index is 1470. The molecular weight excluding hydrogens is 434 g/mol. The van der Waals surface area contributed by atoms with Crippen LogP contribution < -0.4 is 5.56 Å². The van der Waals surface area contributed by atoms with Crippen LogP contribution in [0.15, 0.2) is 120 Å². The van der Waals surface area contributed by atoms with Crippen LogP contribution in [0.25, 0.3) is 22.0 Å². The second kappa shape index (κ2) is 10.2. The van der Waals surface area contributed by atoms with Crippen molar-refractivity contribution in [3.63, 3.8) is 0 Å². The van der Waals surface area contributed by atoms with Crippen LogP contribution in [0.2, 0.25) is 0 Å². The van der Waals surface area contributed by atoms with E-state index in [-0.39, 0.29) is 18.0 Å². The van der Waals surface area contributed by atoms with E-state index >= 15 is 0 Å². The summed E-state index contributed by atoms with van der Waals surface area (Å²) in [5.41, 5.74) is 3.31. The predicted octanol–water partition coefficient (Wildman–Crippen LogP) is 5.29. The molecule has 1 aromatic heterocycles. The van der Waals surface area contributed by atoms with Crippen LogP contribution in [-0.2, 0) is 24.4 Å². The van der Waals surface area contributed by atoms with Crippen molar-refractivity contribution < 1.29 is 4.79 Å². The molecule has 172 valence electrons. The molecule has 0 unspecified atom stereocenters. The molecule has 0 aliphatic carbocycles. The van der Waals surface area contributed by atoms with Crippen molar-refractivity contribution in [2.75, 3.05) is 0 Å². The number of fused-ring (bicyclic) bond motifs is 1. The fraction of sp³-hybridized carbons (Fsp3) is 0.100. The van der Waals surface area contributed by atoms with Gasteiger partial charge in [-0.3, -0.25) is 9.59 Å². The quantitative estimate of drug-likeness (QED) is 0.332. The second-order valence-corrected chi connectivity index (χ2v) is 8.50. The van der Waals surface area contributed by atoms with E-state index in [1.807, 2.05) is 97.1 Å². The number of nitrogens with zero attached hydrogens (tertiary/aromatic N) is 3. The molecule has 0 N–H and O–H groups in total. The molecular formula is C30H25N3O2. The minimum atomic E-state index is -0.303. The Morgan fingerprint density at radius 3 is 1.94 bits per heavy atom. The van der Waals surface area contributed by atoms with Crippen molar-refractivity contribution in [3.8, 4) is 11.3 Å². The van der Waals surface area contributed by atoms with Crippen LogP contribution in [-0.4, -0.2) is 20.6 Å². The number of benzene rings is 4. The summed E-state index contributed by atoms with van der Waals surface area (Å²) in [4.78, 5) is 27.8. The molecule has 0 bridgehead atoms. The van der Waals surface area contributed by atoms with Crippen LogP contribution in [0.4, 0.5) is 0 Å². The molecule has 0 radical (unpaired) electrons. The third-order valence-electron chi connectivity index (χ3n) is 5.98. The molecule has 1 heterocycles. The van der Waals surface area contributed by atoms with Crippen molar-refractivity contribution in [2.45, 2.75) is 19.6 Å². The Kier molecular flexibility index (Phi) is 6.48. The topological polar surface area (TPSA) is 55.2 Å². The average Bonchev–Trinajstić information content (AvgIpc) is 2.90. The van der Waals surface area contributed by atoms with Gasteiger partial charge in [-0.2, -0.15) is 5.10 Å². The molecule has 5 aromatic rings. The normalized spacial score (nSPS) is 10.9. The van der Waals surface area contributed by atoms with Gasteiger partial charge in [0.2, 0.25) is 5.91 Å². The number of hydrogen-bond donors (Lipinski definition) is 0. The summed E-state index contributed by atoms with van der Waals surface area (Å²) in [7, 11) is 0. The summed E-state index contributed by atoms with van der Waals surface area (Å²) in [6.07, 6.45) is 0. The van der Waals surface area contributed by atoms with Gasteiger partial charge in [0.25, 0.3) is 5.56 Å². The maximum Gasteiger partial charge on any atom is 0.267 e. The fourth-order valence-electron chi connectivity index (χ4n) is 4.13. The van der Waals surface area contributed by atoms with Gasteiger partial charge in [0.1, 0.15) is 6.54 Å². The Morgan fingerprint density at radius 2 is 1.29 bits per heavy atom. The van der Waals surface area contributed by atoms with Gasteiger partial charge in [-0.05, 0) is 34.0 Å². The zero-order chi connectivity index (χ0) is 24.0. The Hall–Kier alpha value is -4.51. The molecule has 5 heteroatoms. The third kappa shape index (κ3) is 5.36. The largest absolute Gasteiger partial charge is 0.332 e. The van der Waals surface area contributed by atoms with Gasteiger partial charge in [-0.1, -0.05) is 97.1 Å². The molecule has 1 amide bonds. The van der Waals surface area contributed by atoms with E-state index in [2.05, 4.69) is 11.2 Å². The zero-order valence-corrected chi connectivity index (χ0v) is 19.2. The molecule has 0 saturated heterocycles. The van der Waals surface area contributed by atoms with E-state index in [1.54, 1.807) is 11.0 Å². The van der Waals surface area contributed by atoms with E-state index in [1.165, 1.54) is 10.7 Å². The lowest BCUT2D eigenvalue weighted by Crippen LogP contribution is -2.36. The summed E-state index contributed by atoms with van der Waals surface area (Å²) in [5.74, 6) is -0.164. The standard InChI is InChI=1S/C30H25N3O2/c34-29-18-17-28(27-16-15-25-13-7-8-14-26(25)19-27)31-33(29)22-30(35)32(20-23-9-3-1-4-10-23)21-24-11-5-2-6-12-24/h1-19H,20-22H2. The molecule has 4 aromatic carbocycles. The van der Waals surface area contributed by atoms with Gasteiger partial charge in [-0.15, -0.1) is 0 Å². The highest BCUT2D eigenvalue weighted by molar-refractivity contribution is 5.86. The zero-order valence-electron chi connectivity index (χ0n) is 19.2. The first-order valence-electron chi connectivity index (χ1n) is 11.6. The first-order valence-corrected chi connectivity index (χ1v) is 11.6. The number of carbonyl (C=O) groups excluding carboxylic acids is 1. The summed E-state index contributed by atoms with van der Waals surface area (Å²) < 4.78 is 1.26. The Morgan fingerprint density at radius 1 is 0.686 bits per heavy atom. The maximum atomic E-state index is 13.4. The van der Waals surface area contributed by atoms with Crippen molar-refractivity contribution in [1.82, 2.24) is 14.7 Å². The molecule has 0 aliphatic rings. The summed E-state index contributed by atoms with van der Waals surface area (Å²) >= 11 is 0. The molecule has 0 fully saturated rings. The first kappa shape index (κ1) is 22.3. The van der Waals surface area contributed by atoms with Crippen molar-refractivity contribution >= 4 is 16.7 Å². The molecule has 5 nitrogen and oxygen atoms in total. The van der Waals surface area contributed by atoms with Crippen LogP contribution in [0.3, 0.4) is 0 Å². The SMILES string of the molecule is O=C(Cn1nc(-c2ccc3ccccc3c2)ccc1=O)N(Cc1ccccc1)Cc1ccccc1. The minimum Gasteiger partial charge on any atom is -0.332 e. The summed E-state index contributed by atoms with van der Waals surface area (Å²) in [6.45, 7) is 0.779.